The van der Waals surface area contributed by atoms with Crippen LogP contribution in [-0.2, 0) is 0 Å². The van der Waals surface area contributed by atoms with Crippen molar-refractivity contribution >= 4 is 5.69 Å². The summed E-state index contributed by atoms with van der Waals surface area (Å²) in [5.41, 5.74) is 5.61. The summed E-state index contributed by atoms with van der Waals surface area (Å²) in [5, 5.41) is 3.79. The van der Waals surface area contributed by atoms with Crippen LogP contribution in [0.2, 0.25) is 0 Å². The highest BCUT2D eigenvalue weighted by atomic mass is 19.3. The van der Waals surface area contributed by atoms with E-state index < -0.39 is 6.43 Å². The van der Waals surface area contributed by atoms with Crippen molar-refractivity contribution in [2.24, 2.45) is 0 Å². The number of aromatic nitrogens is 3. The summed E-state index contributed by atoms with van der Waals surface area (Å²) in [6.07, 6.45) is 1.56. The predicted molar refractivity (Wildman–Crippen MR) is 50.7 cm³/mol. The number of halogens is 2. The van der Waals surface area contributed by atoms with Gasteiger partial charge in [0.15, 0.2) is 0 Å². The molecule has 0 unspecified atom stereocenters. The quantitative estimate of drug-likeness (QED) is 0.822. The number of nitrogen functional groups attached to an aromatic ring is 1. The lowest BCUT2D eigenvalue weighted by Crippen LogP contribution is -2.04. The summed E-state index contributed by atoms with van der Waals surface area (Å²) in [7, 11) is 0. The van der Waals surface area contributed by atoms with Crippen LogP contribution >= 0.6 is 0 Å². The lowest BCUT2D eigenvalue weighted by Gasteiger charge is -2.06. The molecule has 2 rings (SSSR count). The van der Waals surface area contributed by atoms with Gasteiger partial charge in [-0.2, -0.15) is 5.10 Å². The van der Waals surface area contributed by atoms with Crippen molar-refractivity contribution in [2.45, 2.75) is 6.43 Å². The molecule has 6 heteroatoms. The van der Waals surface area contributed by atoms with Crippen molar-refractivity contribution in [3.8, 4) is 5.69 Å². The molecular formula is C9H8F2N4. The van der Waals surface area contributed by atoms with Gasteiger partial charge in [0.2, 0.25) is 0 Å². The topological polar surface area (TPSA) is 56.7 Å². The van der Waals surface area contributed by atoms with Crippen molar-refractivity contribution in [1.82, 2.24) is 14.8 Å². The van der Waals surface area contributed by atoms with Crippen LogP contribution in [0.15, 0.2) is 30.7 Å². The van der Waals surface area contributed by atoms with Crippen LogP contribution in [0.3, 0.4) is 0 Å². The second-order valence-corrected chi connectivity index (χ2v) is 2.90. The molecule has 0 saturated heterocycles. The molecular weight excluding hydrogens is 202 g/mol. The van der Waals surface area contributed by atoms with E-state index in [-0.39, 0.29) is 11.4 Å². The third kappa shape index (κ3) is 1.65. The normalized spacial score (nSPS) is 10.9. The van der Waals surface area contributed by atoms with Crippen molar-refractivity contribution < 1.29 is 8.78 Å². The zero-order valence-corrected chi connectivity index (χ0v) is 7.64. The first-order valence-electron chi connectivity index (χ1n) is 4.22. The predicted octanol–water partition coefficient (Wildman–Crippen LogP) is 1.79. The van der Waals surface area contributed by atoms with E-state index in [4.69, 9.17) is 5.73 Å². The van der Waals surface area contributed by atoms with Gasteiger partial charge in [-0.1, -0.05) is 0 Å². The number of rotatable bonds is 2. The monoisotopic (exact) mass is 210 g/mol. The second kappa shape index (κ2) is 3.64. The molecule has 0 saturated carbocycles. The van der Waals surface area contributed by atoms with Crippen LogP contribution in [-0.4, -0.2) is 14.8 Å². The van der Waals surface area contributed by atoms with Crippen molar-refractivity contribution in [2.75, 3.05) is 5.73 Å². The van der Waals surface area contributed by atoms with Crippen LogP contribution in [0, 0.1) is 0 Å². The van der Waals surface area contributed by atoms with Crippen molar-refractivity contribution in [1.29, 1.82) is 0 Å². The standard InChI is InChI=1S/C9H8F2N4/c10-9(11)8-7(12)5-14-15(8)6-1-3-13-4-2-6/h1-5,9H,12H2. The van der Waals surface area contributed by atoms with Gasteiger partial charge in [-0.05, 0) is 12.1 Å². The molecule has 2 heterocycles. The average Bonchev–Trinajstić information content (AvgIpc) is 2.61. The summed E-state index contributed by atoms with van der Waals surface area (Å²) in [5.74, 6) is 0. The van der Waals surface area contributed by atoms with E-state index in [0.29, 0.717) is 5.69 Å². The summed E-state index contributed by atoms with van der Waals surface area (Å²) >= 11 is 0. The van der Waals surface area contributed by atoms with Gasteiger partial charge in [0.1, 0.15) is 5.69 Å². The lowest BCUT2D eigenvalue weighted by atomic mass is 10.3. The Bertz CT molecular complexity index is 452. The molecule has 0 aliphatic rings. The van der Waals surface area contributed by atoms with E-state index in [1.165, 1.54) is 18.6 Å². The molecule has 2 aromatic rings. The Balaban J connectivity index is 2.54. The molecule has 15 heavy (non-hydrogen) atoms. The zero-order valence-electron chi connectivity index (χ0n) is 7.64. The molecule has 0 radical (unpaired) electrons. The van der Waals surface area contributed by atoms with Crippen LogP contribution in [0.4, 0.5) is 14.5 Å². The fourth-order valence-electron chi connectivity index (χ4n) is 1.28. The summed E-state index contributed by atoms with van der Waals surface area (Å²) in [6, 6.07) is 3.16. The maximum Gasteiger partial charge on any atom is 0.282 e. The van der Waals surface area contributed by atoms with Gasteiger partial charge in [-0.25, -0.2) is 13.5 Å². The van der Waals surface area contributed by atoms with Crippen molar-refractivity contribution in [3.63, 3.8) is 0 Å². The molecule has 4 nitrogen and oxygen atoms in total. The first-order chi connectivity index (χ1) is 7.20. The molecule has 0 aromatic carbocycles. The van der Waals surface area contributed by atoms with Gasteiger partial charge in [0.25, 0.3) is 6.43 Å². The highest BCUT2D eigenvalue weighted by Gasteiger charge is 2.18. The van der Waals surface area contributed by atoms with E-state index in [0.717, 1.165) is 4.68 Å². The Morgan fingerprint density at radius 1 is 1.27 bits per heavy atom. The molecule has 0 amide bonds. The Morgan fingerprint density at radius 2 is 1.93 bits per heavy atom. The van der Waals surface area contributed by atoms with Gasteiger partial charge in [-0.15, -0.1) is 0 Å². The van der Waals surface area contributed by atoms with E-state index in [1.807, 2.05) is 0 Å². The van der Waals surface area contributed by atoms with Crippen LogP contribution < -0.4 is 5.73 Å². The maximum absolute atomic E-state index is 12.7. The van der Waals surface area contributed by atoms with E-state index in [2.05, 4.69) is 10.1 Å². The Labute approximate surface area is 84.4 Å². The lowest BCUT2D eigenvalue weighted by molar-refractivity contribution is 0.143. The van der Waals surface area contributed by atoms with Gasteiger partial charge in [-0.3, -0.25) is 4.98 Å². The number of alkyl halides is 2. The molecule has 0 aliphatic carbocycles. The Hall–Kier alpha value is -1.98. The molecule has 2 N–H and O–H groups in total. The van der Waals surface area contributed by atoms with Gasteiger partial charge < -0.3 is 5.73 Å². The highest BCUT2D eigenvalue weighted by Crippen LogP contribution is 2.26. The largest absolute Gasteiger partial charge is 0.396 e. The molecule has 0 bridgehead atoms. The Kier molecular flexibility index (Phi) is 2.32. The minimum atomic E-state index is -2.65. The van der Waals surface area contributed by atoms with Crippen LogP contribution in [0.25, 0.3) is 5.69 Å². The van der Waals surface area contributed by atoms with Gasteiger partial charge in [0.05, 0.1) is 17.6 Å². The molecule has 0 spiro atoms. The zero-order chi connectivity index (χ0) is 10.8. The molecule has 78 valence electrons. The first-order valence-corrected chi connectivity index (χ1v) is 4.22. The number of nitrogens with two attached hydrogens (primary N) is 1. The fraction of sp³-hybridized carbons (Fsp3) is 0.111. The smallest absolute Gasteiger partial charge is 0.282 e. The van der Waals surface area contributed by atoms with Gasteiger partial charge in [0, 0.05) is 12.4 Å². The van der Waals surface area contributed by atoms with Crippen molar-refractivity contribution in [3.05, 3.63) is 36.4 Å². The third-order valence-electron chi connectivity index (χ3n) is 1.95. The summed E-state index contributed by atoms with van der Waals surface area (Å²) in [6.45, 7) is 0. The number of hydrogen-bond donors (Lipinski definition) is 1. The molecule has 2 aromatic heterocycles. The van der Waals surface area contributed by atoms with Crippen LogP contribution in [0.1, 0.15) is 12.1 Å². The second-order valence-electron chi connectivity index (χ2n) is 2.90. The maximum atomic E-state index is 12.7. The number of pyridine rings is 1. The van der Waals surface area contributed by atoms with Crippen LogP contribution in [0.5, 0.6) is 0 Å². The minimum absolute atomic E-state index is 0.0122. The van der Waals surface area contributed by atoms with Gasteiger partial charge >= 0.3 is 0 Å². The highest BCUT2D eigenvalue weighted by molar-refractivity contribution is 5.46. The fourth-order valence-corrected chi connectivity index (χ4v) is 1.28. The summed E-state index contributed by atoms with van der Waals surface area (Å²) in [4.78, 5) is 3.79. The number of anilines is 1. The molecule has 0 fully saturated rings. The summed E-state index contributed by atoms with van der Waals surface area (Å²) < 4.78 is 26.4. The molecule has 0 aliphatic heterocycles. The first kappa shape index (κ1) is 9.57. The number of hydrogen-bond acceptors (Lipinski definition) is 3. The van der Waals surface area contributed by atoms with E-state index in [1.54, 1.807) is 12.1 Å². The average molecular weight is 210 g/mol. The minimum Gasteiger partial charge on any atom is -0.396 e. The van der Waals surface area contributed by atoms with E-state index >= 15 is 0 Å². The SMILES string of the molecule is Nc1cnn(-c2ccncc2)c1C(F)F. The molecule has 0 atom stereocenters. The third-order valence-corrected chi connectivity index (χ3v) is 1.95. The number of nitrogens with zero attached hydrogens (tertiary/aromatic N) is 3. The van der Waals surface area contributed by atoms with E-state index in [9.17, 15) is 8.78 Å². The Morgan fingerprint density at radius 3 is 2.53 bits per heavy atom.